The molecule has 27 heavy (non-hydrogen) atoms. The molecule has 1 amide bonds. The zero-order valence-electron chi connectivity index (χ0n) is 15.2. The Hall–Kier alpha value is -3.34. The van der Waals surface area contributed by atoms with E-state index < -0.39 is 0 Å². The summed E-state index contributed by atoms with van der Waals surface area (Å²) in [5, 5.41) is 7.21. The Morgan fingerprint density at radius 3 is 3.07 bits per heavy atom. The molecule has 0 fully saturated rings. The Labute approximate surface area is 158 Å². The molecule has 1 aliphatic rings. The quantitative estimate of drug-likeness (QED) is 0.705. The number of carbonyl (C=O) groups is 1. The first-order valence-electron chi connectivity index (χ1n) is 8.99. The number of fused-ring (bicyclic) bond motifs is 1. The first kappa shape index (κ1) is 17.1. The molecule has 0 aliphatic carbocycles. The van der Waals surface area contributed by atoms with Crippen LogP contribution in [0.1, 0.15) is 22.3 Å². The SMILES string of the molecule is Cc1cccc(Cn2nccc2NC(=O)C=Cc2ccc3c(c2)CCO3)c1. The fourth-order valence-electron chi connectivity index (χ4n) is 3.20. The molecule has 136 valence electrons. The van der Waals surface area contributed by atoms with Gasteiger partial charge >= 0.3 is 0 Å². The van der Waals surface area contributed by atoms with Crippen LogP contribution in [0.25, 0.3) is 6.08 Å². The summed E-state index contributed by atoms with van der Waals surface area (Å²) in [7, 11) is 0. The second-order valence-corrected chi connectivity index (χ2v) is 6.65. The van der Waals surface area contributed by atoms with Gasteiger partial charge in [0.25, 0.3) is 0 Å². The van der Waals surface area contributed by atoms with E-state index in [1.54, 1.807) is 23.0 Å². The number of aryl methyl sites for hydroxylation is 1. The van der Waals surface area contributed by atoms with Gasteiger partial charge in [-0.2, -0.15) is 5.10 Å². The number of amides is 1. The second kappa shape index (κ2) is 7.50. The summed E-state index contributed by atoms with van der Waals surface area (Å²) in [4.78, 5) is 12.3. The van der Waals surface area contributed by atoms with Gasteiger partial charge in [-0.1, -0.05) is 35.9 Å². The van der Waals surface area contributed by atoms with E-state index in [9.17, 15) is 4.79 Å². The molecule has 4 rings (SSSR count). The average Bonchev–Trinajstić information content (AvgIpc) is 3.29. The summed E-state index contributed by atoms with van der Waals surface area (Å²) in [6.45, 7) is 3.40. The Morgan fingerprint density at radius 1 is 1.26 bits per heavy atom. The van der Waals surface area contributed by atoms with Crippen molar-refractivity contribution in [2.45, 2.75) is 19.9 Å². The standard InChI is InChI=1S/C22H21N3O2/c1-16-3-2-4-18(13-16)15-25-21(9-11-23-25)24-22(26)8-6-17-5-7-20-19(14-17)10-12-27-20/h2-9,11,13-14H,10,12,15H2,1H3,(H,24,26). The molecule has 0 spiro atoms. The Morgan fingerprint density at radius 2 is 2.19 bits per heavy atom. The molecule has 0 unspecified atom stereocenters. The molecule has 1 N–H and O–H groups in total. The van der Waals surface area contributed by atoms with E-state index >= 15 is 0 Å². The normalized spacial score (nSPS) is 12.8. The predicted octanol–water partition coefficient (Wildman–Crippen LogP) is 3.83. The van der Waals surface area contributed by atoms with Crippen LogP contribution in [0.4, 0.5) is 5.82 Å². The van der Waals surface area contributed by atoms with E-state index in [0.29, 0.717) is 12.4 Å². The fraction of sp³-hybridized carbons (Fsp3) is 0.182. The van der Waals surface area contributed by atoms with E-state index in [2.05, 4.69) is 41.6 Å². The lowest BCUT2D eigenvalue weighted by Crippen LogP contribution is -2.13. The maximum atomic E-state index is 12.3. The highest BCUT2D eigenvalue weighted by molar-refractivity contribution is 6.01. The highest BCUT2D eigenvalue weighted by Gasteiger charge is 2.11. The molecule has 0 saturated carbocycles. The van der Waals surface area contributed by atoms with Gasteiger partial charge in [0.05, 0.1) is 19.3 Å². The number of ether oxygens (including phenoxy) is 1. The van der Waals surface area contributed by atoms with Crippen molar-refractivity contribution in [3.8, 4) is 5.75 Å². The number of nitrogens with one attached hydrogen (secondary N) is 1. The minimum atomic E-state index is -0.183. The summed E-state index contributed by atoms with van der Waals surface area (Å²) >= 11 is 0. The first-order chi connectivity index (χ1) is 13.2. The predicted molar refractivity (Wildman–Crippen MR) is 106 cm³/mol. The summed E-state index contributed by atoms with van der Waals surface area (Å²) in [5.74, 6) is 1.43. The molecule has 0 bridgehead atoms. The number of anilines is 1. The van der Waals surface area contributed by atoms with Crippen molar-refractivity contribution >= 4 is 17.8 Å². The third-order valence-corrected chi connectivity index (χ3v) is 4.52. The number of benzene rings is 2. The second-order valence-electron chi connectivity index (χ2n) is 6.65. The lowest BCUT2D eigenvalue weighted by atomic mass is 10.1. The molecule has 1 aliphatic heterocycles. The highest BCUT2D eigenvalue weighted by atomic mass is 16.5. The zero-order valence-corrected chi connectivity index (χ0v) is 15.2. The van der Waals surface area contributed by atoms with Crippen molar-refractivity contribution in [3.05, 3.63) is 83.1 Å². The van der Waals surface area contributed by atoms with Crippen LogP contribution in [-0.2, 0) is 17.8 Å². The molecule has 2 aromatic carbocycles. The maximum Gasteiger partial charge on any atom is 0.249 e. The minimum Gasteiger partial charge on any atom is -0.493 e. The van der Waals surface area contributed by atoms with Crippen molar-refractivity contribution in [2.75, 3.05) is 11.9 Å². The van der Waals surface area contributed by atoms with Crippen molar-refractivity contribution in [1.29, 1.82) is 0 Å². The number of aromatic nitrogens is 2. The van der Waals surface area contributed by atoms with Crippen LogP contribution in [0.15, 0.2) is 60.8 Å². The van der Waals surface area contributed by atoms with Crippen LogP contribution in [-0.4, -0.2) is 22.3 Å². The van der Waals surface area contributed by atoms with E-state index in [1.165, 1.54) is 11.1 Å². The lowest BCUT2D eigenvalue weighted by molar-refractivity contribution is -0.111. The molecule has 5 heteroatoms. The largest absolute Gasteiger partial charge is 0.493 e. The lowest BCUT2D eigenvalue weighted by Gasteiger charge is -2.08. The van der Waals surface area contributed by atoms with Gasteiger partial charge in [0.1, 0.15) is 11.6 Å². The van der Waals surface area contributed by atoms with Crippen molar-refractivity contribution < 1.29 is 9.53 Å². The number of hydrogen-bond acceptors (Lipinski definition) is 3. The summed E-state index contributed by atoms with van der Waals surface area (Å²) in [6.07, 6.45) is 5.97. The molecular weight excluding hydrogens is 338 g/mol. The maximum absolute atomic E-state index is 12.3. The summed E-state index contributed by atoms with van der Waals surface area (Å²) in [5.41, 5.74) is 4.52. The summed E-state index contributed by atoms with van der Waals surface area (Å²) in [6, 6.07) is 16.0. The third-order valence-electron chi connectivity index (χ3n) is 4.52. The van der Waals surface area contributed by atoms with Crippen LogP contribution < -0.4 is 10.1 Å². The van der Waals surface area contributed by atoms with Gasteiger partial charge in [-0.25, -0.2) is 4.68 Å². The van der Waals surface area contributed by atoms with Gasteiger partial charge in [0.2, 0.25) is 5.91 Å². The molecule has 1 aromatic heterocycles. The molecule has 0 radical (unpaired) electrons. The molecule has 5 nitrogen and oxygen atoms in total. The molecule has 0 saturated heterocycles. The van der Waals surface area contributed by atoms with E-state index in [4.69, 9.17) is 4.74 Å². The van der Waals surface area contributed by atoms with Crippen LogP contribution in [0.2, 0.25) is 0 Å². The molecular formula is C22H21N3O2. The number of nitrogens with zero attached hydrogens (tertiary/aromatic N) is 2. The minimum absolute atomic E-state index is 0.183. The van der Waals surface area contributed by atoms with Crippen molar-refractivity contribution in [3.63, 3.8) is 0 Å². The third kappa shape index (κ3) is 4.08. The van der Waals surface area contributed by atoms with Crippen LogP contribution in [0, 0.1) is 6.92 Å². The van der Waals surface area contributed by atoms with E-state index in [-0.39, 0.29) is 5.91 Å². The van der Waals surface area contributed by atoms with E-state index in [0.717, 1.165) is 29.9 Å². The molecule has 3 aromatic rings. The zero-order chi connectivity index (χ0) is 18.6. The topological polar surface area (TPSA) is 56.2 Å². The average molecular weight is 359 g/mol. The molecule has 2 heterocycles. The monoisotopic (exact) mass is 359 g/mol. The van der Waals surface area contributed by atoms with Gasteiger partial charge in [0, 0.05) is 18.6 Å². The number of hydrogen-bond donors (Lipinski definition) is 1. The Bertz CT molecular complexity index is 1000. The van der Waals surface area contributed by atoms with Gasteiger partial charge < -0.3 is 10.1 Å². The first-order valence-corrected chi connectivity index (χ1v) is 8.99. The van der Waals surface area contributed by atoms with Gasteiger partial charge in [-0.3, -0.25) is 4.79 Å². The van der Waals surface area contributed by atoms with Crippen molar-refractivity contribution in [1.82, 2.24) is 9.78 Å². The van der Waals surface area contributed by atoms with E-state index in [1.807, 2.05) is 24.3 Å². The van der Waals surface area contributed by atoms with Crippen molar-refractivity contribution in [2.24, 2.45) is 0 Å². The van der Waals surface area contributed by atoms with Gasteiger partial charge in [-0.05, 0) is 41.8 Å². The van der Waals surface area contributed by atoms with Crippen LogP contribution in [0.5, 0.6) is 5.75 Å². The van der Waals surface area contributed by atoms with Crippen LogP contribution >= 0.6 is 0 Å². The fourth-order valence-corrected chi connectivity index (χ4v) is 3.20. The Kier molecular flexibility index (Phi) is 4.75. The molecule has 0 atom stereocenters. The number of carbonyl (C=O) groups excluding carboxylic acids is 1. The van der Waals surface area contributed by atoms with Gasteiger partial charge in [-0.15, -0.1) is 0 Å². The Balaban J connectivity index is 1.42. The summed E-state index contributed by atoms with van der Waals surface area (Å²) < 4.78 is 7.29. The number of rotatable bonds is 5. The van der Waals surface area contributed by atoms with Gasteiger partial charge in [0.15, 0.2) is 0 Å². The van der Waals surface area contributed by atoms with Crippen LogP contribution in [0.3, 0.4) is 0 Å². The highest BCUT2D eigenvalue weighted by Crippen LogP contribution is 2.26. The smallest absolute Gasteiger partial charge is 0.249 e.